The maximum atomic E-state index is 12.7. The number of hydrogen-bond donors (Lipinski definition) is 1. The van der Waals surface area contributed by atoms with Gasteiger partial charge < -0.3 is 10.2 Å². The van der Waals surface area contributed by atoms with Gasteiger partial charge in [0.1, 0.15) is 0 Å². The Kier molecular flexibility index (Phi) is 3.78. The highest BCUT2D eigenvalue weighted by atomic mass is 16.2. The Balaban J connectivity index is 1.88. The van der Waals surface area contributed by atoms with Gasteiger partial charge in [0.15, 0.2) is 0 Å². The number of nitrogens with one attached hydrogen (secondary N) is 1. The zero-order valence-electron chi connectivity index (χ0n) is 12.4. The molecule has 3 rings (SSSR count). The van der Waals surface area contributed by atoms with Crippen LogP contribution in [0.4, 0.5) is 0 Å². The molecule has 110 valence electrons. The van der Waals surface area contributed by atoms with Crippen LogP contribution in [0.15, 0.2) is 6.20 Å². The molecule has 0 aromatic carbocycles. The lowest BCUT2D eigenvalue weighted by Gasteiger charge is -2.27. The number of hydrogen-bond acceptors (Lipinski definition) is 3. The zero-order chi connectivity index (χ0) is 14.1. The third-order valence-corrected chi connectivity index (χ3v) is 4.44. The predicted octanol–water partition coefficient (Wildman–Crippen LogP) is 1.78. The number of piperazine rings is 1. The van der Waals surface area contributed by atoms with Gasteiger partial charge in [-0.05, 0) is 26.2 Å². The van der Waals surface area contributed by atoms with E-state index in [0.717, 1.165) is 38.2 Å². The molecule has 1 saturated carbocycles. The predicted molar refractivity (Wildman–Crippen MR) is 78.0 cm³/mol. The Morgan fingerprint density at radius 3 is 2.75 bits per heavy atom. The molecule has 1 unspecified atom stereocenters. The standard InChI is InChI=1S/C15H24N4O/c1-3-11(2)19-14(12-4-5-12)13(10-17-19)15(20)18-8-6-16-7-9-18/h10-12,16H,3-9H2,1-2H3. The second-order valence-electron chi connectivity index (χ2n) is 5.96. The largest absolute Gasteiger partial charge is 0.336 e. The molecule has 1 atom stereocenters. The minimum Gasteiger partial charge on any atom is -0.336 e. The molecular formula is C15H24N4O. The smallest absolute Gasteiger partial charge is 0.257 e. The van der Waals surface area contributed by atoms with Crippen molar-refractivity contribution in [3.8, 4) is 0 Å². The average molecular weight is 276 g/mol. The summed E-state index contributed by atoms with van der Waals surface area (Å²) in [6.45, 7) is 7.74. The molecular weight excluding hydrogens is 252 g/mol. The van der Waals surface area contributed by atoms with Crippen LogP contribution in [0.25, 0.3) is 0 Å². The highest BCUT2D eigenvalue weighted by molar-refractivity contribution is 5.95. The monoisotopic (exact) mass is 276 g/mol. The number of aromatic nitrogens is 2. The lowest BCUT2D eigenvalue weighted by molar-refractivity contribution is 0.0734. The van der Waals surface area contributed by atoms with Crippen molar-refractivity contribution in [3.05, 3.63) is 17.5 Å². The molecule has 0 radical (unpaired) electrons. The van der Waals surface area contributed by atoms with E-state index in [1.54, 1.807) is 6.20 Å². The van der Waals surface area contributed by atoms with Gasteiger partial charge in [-0.1, -0.05) is 6.92 Å². The number of nitrogens with zero attached hydrogens (tertiary/aromatic N) is 3. The molecule has 0 spiro atoms. The van der Waals surface area contributed by atoms with Crippen LogP contribution in [0.2, 0.25) is 0 Å². The van der Waals surface area contributed by atoms with Crippen LogP contribution in [0.3, 0.4) is 0 Å². The van der Waals surface area contributed by atoms with Crippen molar-refractivity contribution >= 4 is 5.91 Å². The van der Waals surface area contributed by atoms with Gasteiger partial charge in [0.25, 0.3) is 5.91 Å². The van der Waals surface area contributed by atoms with Crippen LogP contribution in [-0.4, -0.2) is 46.8 Å². The summed E-state index contributed by atoms with van der Waals surface area (Å²) < 4.78 is 2.09. The van der Waals surface area contributed by atoms with E-state index in [2.05, 4.69) is 28.9 Å². The van der Waals surface area contributed by atoms with E-state index < -0.39 is 0 Å². The van der Waals surface area contributed by atoms with Crippen molar-refractivity contribution in [2.75, 3.05) is 26.2 Å². The molecule has 1 saturated heterocycles. The topological polar surface area (TPSA) is 50.2 Å². The average Bonchev–Trinajstić information content (AvgIpc) is 3.25. The fraction of sp³-hybridized carbons (Fsp3) is 0.733. The fourth-order valence-electron chi connectivity index (χ4n) is 2.86. The first-order chi connectivity index (χ1) is 9.72. The van der Waals surface area contributed by atoms with Crippen LogP contribution in [0.5, 0.6) is 0 Å². The maximum absolute atomic E-state index is 12.7. The molecule has 5 heteroatoms. The molecule has 0 bridgehead atoms. The number of carbonyl (C=O) groups excluding carboxylic acids is 1. The van der Waals surface area contributed by atoms with Crippen molar-refractivity contribution in [2.24, 2.45) is 0 Å². The third kappa shape index (κ3) is 2.46. The van der Waals surface area contributed by atoms with Gasteiger partial charge in [0.2, 0.25) is 0 Å². The summed E-state index contributed by atoms with van der Waals surface area (Å²) in [7, 11) is 0. The van der Waals surface area contributed by atoms with Crippen LogP contribution in [0, 0.1) is 0 Å². The summed E-state index contributed by atoms with van der Waals surface area (Å²) in [5, 5.41) is 7.81. The minimum absolute atomic E-state index is 0.169. The summed E-state index contributed by atoms with van der Waals surface area (Å²) >= 11 is 0. The Bertz CT molecular complexity index is 486. The number of carbonyl (C=O) groups is 1. The molecule has 1 aliphatic heterocycles. The first kappa shape index (κ1) is 13.6. The van der Waals surface area contributed by atoms with Crippen molar-refractivity contribution < 1.29 is 4.79 Å². The van der Waals surface area contributed by atoms with Gasteiger partial charge in [-0.2, -0.15) is 5.10 Å². The Morgan fingerprint density at radius 1 is 1.45 bits per heavy atom. The lowest BCUT2D eigenvalue weighted by atomic mass is 10.1. The Morgan fingerprint density at radius 2 is 2.15 bits per heavy atom. The highest BCUT2D eigenvalue weighted by Gasteiger charge is 2.34. The second kappa shape index (κ2) is 5.56. The van der Waals surface area contributed by atoms with Gasteiger partial charge in [-0.3, -0.25) is 9.48 Å². The summed E-state index contributed by atoms with van der Waals surface area (Å²) in [4.78, 5) is 14.7. The van der Waals surface area contributed by atoms with Gasteiger partial charge >= 0.3 is 0 Å². The lowest BCUT2D eigenvalue weighted by Crippen LogP contribution is -2.46. The molecule has 2 fully saturated rings. The van der Waals surface area contributed by atoms with E-state index >= 15 is 0 Å². The summed E-state index contributed by atoms with van der Waals surface area (Å²) in [6.07, 6.45) is 5.24. The summed E-state index contributed by atoms with van der Waals surface area (Å²) in [5.41, 5.74) is 2.03. The molecule has 2 heterocycles. The molecule has 1 aromatic heterocycles. The van der Waals surface area contributed by atoms with Crippen LogP contribution >= 0.6 is 0 Å². The molecule has 1 amide bonds. The maximum Gasteiger partial charge on any atom is 0.257 e. The van der Waals surface area contributed by atoms with Crippen molar-refractivity contribution in [3.63, 3.8) is 0 Å². The van der Waals surface area contributed by atoms with Crippen LogP contribution < -0.4 is 5.32 Å². The molecule has 1 N–H and O–H groups in total. The van der Waals surface area contributed by atoms with Crippen molar-refractivity contribution in [1.29, 1.82) is 0 Å². The van der Waals surface area contributed by atoms with E-state index in [4.69, 9.17) is 0 Å². The number of rotatable bonds is 4. The van der Waals surface area contributed by atoms with E-state index in [1.807, 2.05) is 4.90 Å². The first-order valence-corrected chi connectivity index (χ1v) is 7.79. The normalized spacial score (nSPS) is 21.0. The van der Waals surface area contributed by atoms with E-state index in [9.17, 15) is 4.79 Å². The van der Waals surface area contributed by atoms with E-state index in [1.165, 1.54) is 18.5 Å². The molecule has 20 heavy (non-hydrogen) atoms. The van der Waals surface area contributed by atoms with Crippen LogP contribution in [-0.2, 0) is 0 Å². The molecule has 1 aromatic rings. The van der Waals surface area contributed by atoms with E-state index in [0.29, 0.717) is 12.0 Å². The van der Waals surface area contributed by atoms with Gasteiger partial charge in [-0.15, -0.1) is 0 Å². The SMILES string of the molecule is CCC(C)n1ncc(C(=O)N2CCNCC2)c1C1CC1. The summed E-state index contributed by atoms with van der Waals surface area (Å²) in [6, 6.07) is 0.371. The fourth-order valence-corrected chi connectivity index (χ4v) is 2.86. The molecule has 5 nitrogen and oxygen atoms in total. The Labute approximate surface area is 120 Å². The van der Waals surface area contributed by atoms with Crippen molar-refractivity contribution in [1.82, 2.24) is 20.0 Å². The highest BCUT2D eigenvalue weighted by Crippen LogP contribution is 2.43. The summed E-state index contributed by atoms with van der Waals surface area (Å²) in [5.74, 6) is 0.719. The van der Waals surface area contributed by atoms with Gasteiger partial charge in [-0.25, -0.2) is 0 Å². The third-order valence-electron chi connectivity index (χ3n) is 4.44. The molecule has 1 aliphatic carbocycles. The van der Waals surface area contributed by atoms with E-state index in [-0.39, 0.29) is 5.91 Å². The minimum atomic E-state index is 0.169. The quantitative estimate of drug-likeness (QED) is 0.912. The molecule has 2 aliphatic rings. The van der Waals surface area contributed by atoms with Crippen molar-refractivity contribution in [2.45, 2.75) is 45.1 Å². The second-order valence-corrected chi connectivity index (χ2v) is 5.96. The zero-order valence-corrected chi connectivity index (χ0v) is 12.4. The van der Waals surface area contributed by atoms with Gasteiger partial charge in [0, 0.05) is 38.1 Å². The van der Waals surface area contributed by atoms with Crippen LogP contribution in [0.1, 0.15) is 61.1 Å². The van der Waals surface area contributed by atoms with Gasteiger partial charge in [0.05, 0.1) is 17.5 Å². The first-order valence-electron chi connectivity index (χ1n) is 7.79. The Hall–Kier alpha value is -1.36. The number of amides is 1.